The second-order valence-electron chi connectivity index (χ2n) is 9.04. The highest BCUT2D eigenvalue weighted by atomic mass is 16.5. The number of hydrogen-bond donors (Lipinski definition) is 1. The zero-order chi connectivity index (χ0) is 23.6. The molecule has 1 heterocycles. The average Bonchev–Trinajstić information content (AvgIpc) is 3.01. The highest BCUT2D eigenvalue weighted by molar-refractivity contribution is 6.46. The van der Waals surface area contributed by atoms with Gasteiger partial charge in [0.15, 0.2) is 0 Å². The van der Waals surface area contributed by atoms with Gasteiger partial charge in [0.2, 0.25) is 0 Å². The van der Waals surface area contributed by atoms with Crippen molar-refractivity contribution < 1.29 is 24.2 Å². The van der Waals surface area contributed by atoms with Crippen molar-refractivity contribution in [2.45, 2.75) is 39.2 Å². The Balaban J connectivity index is 2.16. The van der Waals surface area contributed by atoms with Gasteiger partial charge >= 0.3 is 0 Å². The smallest absolute Gasteiger partial charge is 0.295 e. The third-order valence-corrected chi connectivity index (χ3v) is 5.86. The minimum Gasteiger partial charge on any atom is -0.507 e. The van der Waals surface area contributed by atoms with E-state index in [-0.39, 0.29) is 29.9 Å². The first-order valence-electron chi connectivity index (χ1n) is 10.6. The molecule has 32 heavy (non-hydrogen) atoms. The minimum absolute atomic E-state index is 0.0312. The fourth-order valence-corrected chi connectivity index (χ4v) is 3.99. The summed E-state index contributed by atoms with van der Waals surface area (Å²) in [5, 5.41) is 11.2. The maximum absolute atomic E-state index is 13.1. The molecule has 0 bridgehead atoms. The Kier molecular flexibility index (Phi) is 6.74. The maximum Gasteiger partial charge on any atom is 0.295 e. The Morgan fingerprint density at radius 3 is 2.25 bits per heavy atom. The Morgan fingerprint density at radius 2 is 1.72 bits per heavy atom. The van der Waals surface area contributed by atoms with Gasteiger partial charge in [0.1, 0.15) is 11.5 Å². The number of methoxy groups -OCH3 is 2. The number of Topliss-reactive ketones (excluding diaryl/α,β-unsaturated/α-hetero) is 1. The molecule has 3 rings (SSSR count). The molecule has 2 aromatic carbocycles. The van der Waals surface area contributed by atoms with Crippen LogP contribution in [0.1, 0.15) is 49.1 Å². The highest BCUT2D eigenvalue weighted by Gasteiger charge is 2.46. The lowest BCUT2D eigenvalue weighted by molar-refractivity contribution is -0.140. The lowest BCUT2D eigenvalue weighted by atomic mass is 9.85. The van der Waals surface area contributed by atoms with Crippen LogP contribution >= 0.6 is 0 Å². The van der Waals surface area contributed by atoms with Crippen LogP contribution in [0, 0.1) is 6.92 Å². The van der Waals surface area contributed by atoms with Crippen LogP contribution in [-0.2, 0) is 19.7 Å². The van der Waals surface area contributed by atoms with Gasteiger partial charge in [-0.1, -0.05) is 45.0 Å². The summed E-state index contributed by atoms with van der Waals surface area (Å²) in [5.41, 5.74) is 3.19. The molecule has 1 amide bonds. The molecule has 6 nitrogen and oxygen atoms in total. The van der Waals surface area contributed by atoms with E-state index in [1.54, 1.807) is 32.4 Å². The summed E-state index contributed by atoms with van der Waals surface area (Å²) in [7, 11) is 3.11. The standard InChI is InChI=1S/C26H31NO5/c1-16-15-19(32-6)11-12-20(16)23(28)21-22(27(13-14-31-5)25(30)24(21)29)17-7-9-18(10-8-17)26(2,3)4/h7-12,15,22,28H,13-14H2,1-6H3/t22-/m0/s1. The fourth-order valence-electron chi connectivity index (χ4n) is 3.99. The van der Waals surface area contributed by atoms with Gasteiger partial charge in [0.25, 0.3) is 11.7 Å². The first kappa shape index (κ1) is 23.5. The minimum atomic E-state index is -0.696. The van der Waals surface area contributed by atoms with Crippen molar-refractivity contribution in [2.24, 2.45) is 0 Å². The number of hydrogen-bond acceptors (Lipinski definition) is 5. The topological polar surface area (TPSA) is 76.1 Å². The first-order chi connectivity index (χ1) is 15.1. The molecule has 1 atom stereocenters. The zero-order valence-electron chi connectivity index (χ0n) is 19.6. The van der Waals surface area contributed by atoms with Gasteiger partial charge in [-0.15, -0.1) is 0 Å². The van der Waals surface area contributed by atoms with E-state index in [9.17, 15) is 14.7 Å². The lowest BCUT2D eigenvalue weighted by Gasteiger charge is -2.26. The predicted octanol–water partition coefficient (Wildman–Crippen LogP) is 4.37. The second-order valence-corrected chi connectivity index (χ2v) is 9.04. The van der Waals surface area contributed by atoms with Gasteiger partial charge < -0.3 is 19.5 Å². The van der Waals surface area contributed by atoms with Gasteiger partial charge in [-0.2, -0.15) is 0 Å². The van der Waals surface area contributed by atoms with Crippen LogP contribution in [0.2, 0.25) is 0 Å². The molecule has 2 aromatic rings. The number of carbonyl (C=O) groups is 2. The van der Waals surface area contributed by atoms with E-state index in [0.29, 0.717) is 11.3 Å². The number of amides is 1. The molecule has 6 heteroatoms. The molecule has 1 N–H and O–H groups in total. The molecule has 0 radical (unpaired) electrons. The van der Waals surface area contributed by atoms with E-state index >= 15 is 0 Å². The molecule has 0 aliphatic carbocycles. The maximum atomic E-state index is 13.1. The monoisotopic (exact) mass is 437 g/mol. The van der Waals surface area contributed by atoms with Crippen molar-refractivity contribution in [3.8, 4) is 5.75 Å². The summed E-state index contributed by atoms with van der Waals surface area (Å²) in [4.78, 5) is 27.4. The first-order valence-corrected chi connectivity index (χ1v) is 10.6. The highest BCUT2D eigenvalue weighted by Crippen LogP contribution is 2.40. The van der Waals surface area contributed by atoms with Crippen molar-refractivity contribution in [3.05, 3.63) is 70.3 Å². The number of benzene rings is 2. The summed E-state index contributed by atoms with van der Waals surface area (Å²) in [6, 6.07) is 12.4. The average molecular weight is 438 g/mol. The molecule has 0 unspecified atom stereocenters. The lowest BCUT2D eigenvalue weighted by Crippen LogP contribution is -2.32. The molecule has 0 aromatic heterocycles. The van der Waals surface area contributed by atoms with E-state index in [4.69, 9.17) is 9.47 Å². The number of aryl methyl sites for hydroxylation is 1. The summed E-state index contributed by atoms with van der Waals surface area (Å²) in [5.74, 6) is -0.874. The van der Waals surface area contributed by atoms with E-state index in [2.05, 4.69) is 20.8 Å². The van der Waals surface area contributed by atoms with Gasteiger partial charge in [-0.25, -0.2) is 0 Å². The molecule has 1 saturated heterocycles. The molecular weight excluding hydrogens is 406 g/mol. The van der Waals surface area contributed by atoms with Gasteiger partial charge in [-0.3, -0.25) is 9.59 Å². The van der Waals surface area contributed by atoms with E-state index in [1.165, 1.54) is 4.90 Å². The quantitative estimate of drug-likeness (QED) is 0.413. The van der Waals surface area contributed by atoms with E-state index in [1.807, 2.05) is 31.2 Å². The van der Waals surface area contributed by atoms with Crippen LogP contribution in [0.15, 0.2) is 48.0 Å². The van der Waals surface area contributed by atoms with Crippen LogP contribution in [0.3, 0.4) is 0 Å². The van der Waals surface area contributed by atoms with E-state index in [0.717, 1.165) is 16.7 Å². The number of aliphatic hydroxyl groups excluding tert-OH is 1. The normalized spacial score (nSPS) is 18.3. The molecular formula is C26H31NO5. The van der Waals surface area contributed by atoms with Gasteiger partial charge in [-0.05, 0) is 47.2 Å². The molecule has 1 aliphatic heterocycles. The Hall–Kier alpha value is -3.12. The van der Waals surface area contributed by atoms with Crippen LogP contribution in [0.4, 0.5) is 0 Å². The SMILES string of the molecule is COCCN1C(=O)C(=O)C(=C(O)c2ccc(OC)cc2C)[C@@H]1c1ccc(C(C)(C)C)cc1. The molecule has 1 aliphatic rings. The Morgan fingerprint density at radius 1 is 1.06 bits per heavy atom. The van der Waals surface area contributed by atoms with Crippen molar-refractivity contribution >= 4 is 17.4 Å². The third kappa shape index (κ3) is 4.41. The largest absolute Gasteiger partial charge is 0.507 e. The van der Waals surface area contributed by atoms with Crippen molar-refractivity contribution in [2.75, 3.05) is 27.4 Å². The zero-order valence-corrected chi connectivity index (χ0v) is 19.6. The number of rotatable bonds is 6. The van der Waals surface area contributed by atoms with Crippen molar-refractivity contribution in [1.82, 2.24) is 4.90 Å². The van der Waals surface area contributed by atoms with Crippen LogP contribution < -0.4 is 4.74 Å². The molecule has 1 fully saturated rings. The third-order valence-electron chi connectivity index (χ3n) is 5.86. The van der Waals surface area contributed by atoms with Crippen LogP contribution in [-0.4, -0.2) is 49.1 Å². The molecule has 0 spiro atoms. The number of likely N-dealkylation sites (tertiary alicyclic amines) is 1. The summed E-state index contributed by atoms with van der Waals surface area (Å²) in [6.45, 7) is 8.72. The number of carbonyl (C=O) groups excluding carboxylic acids is 2. The molecule has 0 saturated carbocycles. The Bertz CT molecular complexity index is 1050. The van der Waals surface area contributed by atoms with Gasteiger partial charge in [0, 0.05) is 19.2 Å². The van der Waals surface area contributed by atoms with Gasteiger partial charge in [0.05, 0.1) is 25.3 Å². The van der Waals surface area contributed by atoms with Crippen LogP contribution in [0.25, 0.3) is 5.76 Å². The van der Waals surface area contributed by atoms with E-state index < -0.39 is 17.7 Å². The summed E-state index contributed by atoms with van der Waals surface area (Å²) >= 11 is 0. The fraction of sp³-hybridized carbons (Fsp3) is 0.385. The summed E-state index contributed by atoms with van der Waals surface area (Å²) < 4.78 is 10.4. The van der Waals surface area contributed by atoms with Crippen molar-refractivity contribution in [3.63, 3.8) is 0 Å². The van der Waals surface area contributed by atoms with Crippen molar-refractivity contribution in [1.29, 1.82) is 0 Å². The second kappa shape index (κ2) is 9.17. The molecule has 170 valence electrons. The number of nitrogens with zero attached hydrogens (tertiary/aromatic N) is 1. The summed E-state index contributed by atoms with van der Waals surface area (Å²) in [6.07, 6.45) is 0. The Labute approximate surface area is 189 Å². The number of ketones is 1. The predicted molar refractivity (Wildman–Crippen MR) is 124 cm³/mol. The number of aliphatic hydroxyl groups is 1. The number of ether oxygens (including phenoxy) is 2. The van der Waals surface area contributed by atoms with Crippen LogP contribution in [0.5, 0.6) is 5.75 Å².